The van der Waals surface area contributed by atoms with Gasteiger partial charge < -0.3 is 30.4 Å². The van der Waals surface area contributed by atoms with Gasteiger partial charge in [0.05, 0.1) is 11.9 Å². The summed E-state index contributed by atoms with van der Waals surface area (Å²) in [5.74, 6) is -3.80. The van der Waals surface area contributed by atoms with Gasteiger partial charge in [0.15, 0.2) is 0 Å². The van der Waals surface area contributed by atoms with E-state index in [1.54, 1.807) is 26.0 Å². The summed E-state index contributed by atoms with van der Waals surface area (Å²) in [6.45, 7) is 3.42. The number of rotatable bonds is 6. The molecule has 0 aliphatic carbocycles. The molecule has 0 saturated heterocycles. The molecule has 2 amide bonds. The summed E-state index contributed by atoms with van der Waals surface area (Å²) in [6.07, 6.45) is 0. The van der Waals surface area contributed by atoms with Gasteiger partial charge in [0.25, 0.3) is 11.8 Å². The minimum atomic E-state index is -1.36. The van der Waals surface area contributed by atoms with E-state index in [2.05, 4.69) is 10.6 Å². The van der Waals surface area contributed by atoms with Crippen molar-refractivity contribution < 1.29 is 29.4 Å². The first-order chi connectivity index (χ1) is 15.2. The zero-order valence-electron chi connectivity index (χ0n) is 17.2. The molecule has 8 heteroatoms. The lowest BCUT2D eigenvalue weighted by Crippen LogP contribution is -2.23. The summed E-state index contributed by atoms with van der Waals surface area (Å²) in [5, 5.41) is 27.4. The molecular formula is C24H18N2O6-2. The van der Waals surface area contributed by atoms with Crippen LogP contribution in [0.3, 0.4) is 0 Å². The number of aryl methyl sites for hydroxylation is 2. The molecule has 0 unspecified atom stereocenters. The number of carbonyl (C=O) groups excluding carboxylic acids is 4. The van der Waals surface area contributed by atoms with Crippen LogP contribution in [0.2, 0.25) is 0 Å². The molecule has 0 heterocycles. The molecule has 3 rings (SSSR count). The second-order valence-electron chi connectivity index (χ2n) is 7.12. The summed E-state index contributed by atoms with van der Waals surface area (Å²) in [7, 11) is 0. The third kappa shape index (κ3) is 4.99. The third-order valence-electron chi connectivity index (χ3n) is 4.83. The van der Waals surface area contributed by atoms with Gasteiger partial charge in [0, 0.05) is 22.5 Å². The lowest BCUT2D eigenvalue weighted by molar-refractivity contribution is -0.256. The lowest BCUT2D eigenvalue weighted by atomic mass is 10.1. The quantitative estimate of drug-likeness (QED) is 0.608. The normalized spacial score (nSPS) is 10.3. The van der Waals surface area contributed by atoms with Crippen LogP contribution < -0.4 is 20.8 Å². The SMILES string of the molecule is Cc1ccc(C(=O)[O-])cc1NC(=O)c1cccc(C(=O)Nc2cc(C(=O)[O-])ccc2C)c1. The average molecular weight is 430 g/mol. The zero-order valence-corrected chi connectivity index (χ0v) is 17.2. The van der Waals surface area contributed by atoms with Crippen molar-refractivity contribution in [3.8, 4) is 0 Å². The maximum absolute atomic E-state index is 12.7. The highest BCUT2D eigenvalue weighted by molar-refractivity contribution is 6.09. The summed E-state index contributed by atoms with van der Waals surface area (Å²) in [5.41, 5.74) is 2.12. The summed E-state index contributed by atoms with van der Waals surface area (Å²) < 4.78 is 0. The van der Waals surface area contributed by atoms with Gasteiger partial charge in [-0.05, 0) is 66.4 Å². The molecule has 0 aliphatic heterocycles. The molecule has 0 radical (unpaired) electrons. The molecule has 8 nitrogen and oxygen atoms in total. The third-order valence-corrected chi connectivity index (χ3v) is 4.83. The Balaban J connectivity index is 1.81. The van der Waals surface area contributed by atoms with E-state index < -0.39 is 23.8 Å². The molecule has 0 bridgehead atoms. The van der Waals surface area contributed by atoms with Crippen molar-refractivity contribution in [2.75, 3.05) is 10.6 Å². The van der Waals surface area contributed by atoms with Crippen molar-refractivity contribution in [1.29, 1.82) is 0 Å². The first-order valence-electron chi connectivity index (χ1n) is 9.52. The number of nitrogens with one attached hydrogen (secondary N) is 2. The van der Waals surface area contributed by atoms with E-state index in [0.717, 1.165) is 0 Å². The number of carboxylic acid groups (broad SMARTS) is 2. The van der Waals surface area contributed by atoms with Gasteiger partial charge in [-0.3, -0.25) is 9.59 Å². The number of benzene rings is 3. The van der Waals surface area contributed by atoms with Crippen molar-refractivity contribution in [3.05, 3.63) is 94.0 Å². The lowest BCUT2D eigenvalue weighted by Gasteiger charge is -2.13. The fourth-order valence-corrected chi connectivity index (χ4v) is 2.96. The van der Waals surface area contributed by atoms with Crippen LogP contribution in [0, 0.1) is 13.8 Å². The molecule has 0 aliphatic rings. The topological polar surface area (TPSA) is 138 Å². The molecule has 162 valence electrons. The molecule has 2 N–H and O–H groups in total. The highest BCUT2D eigenvalue weighted by atomic mass is 16.4. The molecule has 0 atom stereocenters. The zero-order chi connectivity index (χ0) is 23.4. The van der Waals surface area contributed by atoms with Crippen LogP contribution in [0.5, 0.6) is 0 Å². The Morgan fingerprint density at radius 2 is 1.00 bits per heavy atom. The molecule has 32 heavy (non-hydrogen) atoms. The van der Waals surface area contributed by atoms with Crippen molar-refractivity contribution >= 4 is 35.1 Å². The van der Waals surface area contributed by atoms with E-state index in [-0.39, 0.29) is 22.3 Å². The number of carboxylic acids is 2. The first-order valence-corrected chi connectivity index (χ1v) is 9.52. The monoisotopic (exact) mass is 430 g/mol. The van der Waals surface area contributed by atoms with Crippen molar-refractivity contribution in [3.63, 3.8) is 0 Å². The maximum Gasteiger partial charge on any atom is 0.255 e. The molecule has 0 aromatic heterocycles. The van der Waals surface area contributed by atoms with Crippen LogP contribution in [0.25, 0.3) is 0 Å². The van der Waals surface area contributed by atoms with E-state index in [4.69, 9.17) is 0 Å². The van der Waals surface area contributed by atoms with Gasteiger partial charge in [-0.15, -0.1) is 0 Å². The van der Waals surface area contributed by atoms with Gasteiger partial charge in [-0.1, -0.05) is 30.3 Å². The van der Waals surface area contributed by atoms with Crippen molar-refractivity contribution in [1.82, 2.24) is 0 Å². The molecule has 3 aromatic rings. The Morgan fingerprint density at radius 3 is 1.38 bits per heavy atom. The Morgan fingerprint density at radius 1 is 0.594 bits per heavy atom. The van der Waals surface area contributed by atoms with E-state index in [1.807, 2.05) is 0 Å². The van der Waals surface area contributed by atoms with E-state index in [0.29, 0.717) is 22.5 Å². The Kier molecular flexibility index (Phi) is 6.34. The van der Waals surface area contributed by atoms with Crippen LogP contribution in [0.4, 0.5) is 11.4 Å². The standard InChI is InChI=1S/C24H20N2O6/c1-13-6-8-17(23(29)30)11-19(13)25-21(27)15-4-3-5-16(10-15)22(28)26-20-12-18(24(31)32)9-7-14(20)2/h3-12H,1-2H3,(H,25,27)(H,26,28)(H,29,30)(H,31,32)/p-2. The van der Waals surface area contributed by atoms with Gasteiger partial charge in [0.2, 0.25) is 0 Å². The highest BCUT2D eigenvalue weighted by Gasteiger charge is 2.13. The van der Waals surface area contributed by atoms with Crippen LogP contribution in [0.15, 0.2) is 60.7 Å². The summed E-state index contributed by atoms with van der Waals surface area (Å²) >= 11 is 0. The fourth-order valence-electron chi connectivity index (χ4n) is 2.96. The van der Waals surface area contributed by atoms with Crippen LogP contribution >= 0.6 is 0 Å². The molecular weight excluding hydrogens is 412 g/mol. The van der Waals surface area contributed by atoms with E-state index >= 15 is 0 Å². The molecule has 3 aromatic carbocycles. The van der Waals surface area contributed by atoms with Crippen molar-refractivity contribution in [2.24, 2.45) is 0 Å². The second kappa shape index (κ2) is 9.13. The predicted molar refractivity (Wildman–Crippen MR) is 113 cm³/mol. The fraction of sp³-hybridized carbons (Fsp3) is 0.0833. The smallest absolute Gasteiger partial charge is 0.255 e. The summed E-state index contributed by atoms with van der Waals surface area (Å²) in [6, 6.07) is 14.4. The Hall–Kier alpha value is -4.46. The minimum Gasteiger partial charge on any atom is -0.545 e. The number of anilines is 2. The Labute approximate surface area is 183 Å². The van der Waals surface area contributed by atoms with Gasteiger partial charge in [0.1, 0.15) is 0 Å². The first kappa shape index (κ1) is 22.2. The van der Waals surface area contributed by atoms with Gasteiger partial charge in [-0.2, -0.15) is 0 Å². The molecule has 0 saturated carbocycles. The summed E-state index contributed by atoms with van der Waals surface area (Å²) in [4.78, 5) is 47.5. The average Bonchev–Trinajstić information content (AvgIpc) is 2.76. The predicted octanol–water partition coefficient (Wildman–Crippen LogP) is 1.54. The van der Waals surface area contributed by atoms with Gasteiger partial charge >= 0.3 is 0 Å². The van der Waals surface area contributed by atoms with Crippen LogP contribution in [0.1, 0.15) is 52.6 Å². The van der Waals surface area contributed by atoms with E-state index in [9.17, 15) is 29.4 Å². The number of aromatic carboxylic acids is 2. The van der Waals surface area contributed by atoms with Crippen LogP contribution in [-0.2, 0) is 0 Å². The Bertz CT molecular complexity index is 1160. The van der Waals surface area contributed by atoms with E-state index in [1.165, 1.54) is 48.5 Å². The number of hydrogen-bond acceptors (Lipinski definition) is 6. The largest absolute Gasteiger partial charge is 0.545 e. The van der Waals surface area contributed by atoms with Crippen molar-refractivity contribution in [2.45, 2.75) is 13.8 Å². The number of carbonyl (C=O) groups is 4. The minimum absolute atomic E-state index is 0.0758. The maximum atomic E-state index is 12.7. The number of hydrogen-bond donors (Lipinski definition) is 2. The molecule has 0 spiro atoms. The highest BCUT2D eigenvalue weighted by Crippen LogP contribution is 2.20. The second-order valence-corrected chi connectivity index (χ2v) is 7.12. The van der Waals surface area contributed by atoms with Gasteiger partial charge in [-0.25, -0.2) is 0 Å². The molecule has 0 fully saturated rings. The number of amides is 2. The van der Waals surface area contributed by atoms with Crippen LogP contribution in [-0.4, -0.2) is 23.8 Å².